The number of carbonyl (C=O) groups is 1. The zero-order valence-corrected chi connectivity index (χ0v) is 15.2. The molecule has 2 aliphatic rings. The van der Waals surface area contributed by atoms with E-state index < -0.39 is 27.3 Å². The van der Waals surface area contributed by atoms with Crippen LogP contribution < -0.4 is 9.08 Å². The minimum Gasteiger partial charge on any atom is -0.465 e. The molecule has 1 aliphatic heterocycles. The quantitative estimate of drug-likeness (QED) is 0.420. The summed E-state index contributed by atoms with van der Waals surface area (Å²) in [5, 5.41) is 0. The Hall–Kier alpha value is -2.01. The van der Waals surface area contributed by atoms with Crippen molar-refractivity contribution < 1.29 is 40.0 Å². The first-order valence-electron chi connectivity index (χ1n) is 8.23. The fourth-order valence-corrected chi connectivity index (χ4v) is 3.35. The van der Waals surface area contributed by atoms with Crippen molar-refractivity contribution >= 4 is 21.8 Å². The number of anilines is 1. The molecule has 1 aromatic rings. The molecule has 0 N–H and O–H groups in total. The number of ether oxygens (including phenoxy) is 2. The Kier molecular flexibility index (Phi) is 5.26. The van der Waals surface area contributed by atoms with Crippen LogP contribution in [0.15, 0.2) is 12.1 Å². The first-order chi connectivity index (χ1) is 12.6. The number of halogens is 3. The van der Waals surface area contributed by atoms with Gasteiger partial charge in [-0.05, 0) is 24.8 Å². The first kappa shape index (κ1) is 19.7. The molecule has 1 heterocycles. The number of benzene rings is 1. The van der Waals surface area contributed by atoms with Crippen LogP contribution in [0, 0.1) is 0 Å². The highest BCUT2D eigenvalue weighted by atomic mass is 32.2. The number of morpholine rings is 1. The highest BCUT2D eigenvalue weighted by Gasteiger charge is 2.49. The van der Waals surface area contributed by atoms with Crippen molar-refractivity contribution in [2.75, 3.05) is 38.3 Å². The molecule has 1 aliphatic carbocycles. The van der Waals surface area contributed by atoms with Gasteiger partial charge in [-0.25, -0.2) is 4.79 Å². The Labute approximate surface area is 154 Å². The maximum Gasteiger partial charge on any atom is 0.534 e. The van der Waals surface area contributed by atoms with E-state index in [-0.39, 0.29) is 22.7 Å². The van der Waals surface area contributed by atoms with Gasteiger partial charge < -0.3 is 18.6 Å². The lowest BCUT2D eigenvalue weighted by Gasteiger charge is -2.31. The summed E-state index contributed by atoms with van der Waals surface area (Å²) in [6.07, 6.45) is 1.33. The molecule has 1 aromatic carbocycles. The maximum absolute atomic E-state index is 12.8. The minimum absolute atomic E-state index is 0.151. The van der Waals surface area contributed by atoms with Crippen LogP contribution in [-0.4, -0.2) is 53.3 Å². The monoisotopic (exact) mass is 409 g/mol. The lowest BCUT2D eigenvalue weighted by atomic mass is 10.0. The van der Waals surface area contributed by atoms with E-state index in [1.165, 1.54) is 19.2 Å². The highest BCUT2D eigenvalue weighted by Crippen LogP contribution is 2.47. The summed E-state index contributed by atoms with van der Waals surface area (Å²) in [6, 6.07) is 2.55. The first-order valence-corrected chi connectivity index (χ1v) is 9.64. The normalized spacial score (nSPS) is 18.3. The third-order valence-corrected chi connectivity index (χ3v) is 5.35. The van der Waals surface area contributed by atoms with Crippen LogP contribution in [0.1, 0.15) is 34.7 Å². The van der Waals surface area contributed by atoms with Crippen LogP contribution >= 0.6 is 0 Å². The molecular weight excluding hydrogens is 391 g/mol. The van der Waals surface area contributed by atoms with Gasteiger partial charge in [0.1, 0.15) is 5.75 Å². The number of hydrogen-bond donors (Lipinski definition) is 0. The molecule has 0 unspecified atom stereocenters. The molecule has 27 heavy (non-hydrogen) atoms. The second kappa shape index (κ2) is 7.19. The van der Waals surface area contributed by atoms with Gasteiger partial charge in [0.2, 0.25) is 0 Å². The number of alkyl halides is 3. The van der Waals surface area contributed by atoms with Crippen LogP contribution in [-0.2, 0) is 19.6 Å². The molecule has 11 heteroatoms. The van der Waals surface area contributed by atoms with E-state index in [1.54, 1.807) is 4.90 Å². The van der Waals surface area contributed by atoms with Crippen molar-refractivity contribution in [2.45, 2.75) is 24.3 Å². The van der Waals surface area contributed by atoms with Gasteiger partial charge in [0.25, 0.3) is 0 Å². The van der Waals surface area contributed by atoms with E-state index in [2.05, 4.69) is 4.18 Å². The van der Waals surface area contributed by atoms with Crippen molar-refractivity contribution in [3.8, 4) is 5.75 Å². The standard InChI is InChI=1S/C16H18F3NO6S/c1-24-15(21)12-8-11(10-2-3-10)14(26-27(22,23)16(17,18)19)9-13(12)20-4-6-25-7-5-20/h8-10H,2-7H2,1H3. The van der Waals surface area contributed by atoms with Gasteiger partial charge in [-0.15, -0.1) is 0 Å². The molecule has 2 fully saturated rings. The van der Waals surface area contributed by atoms with Crippen LogP contribution in [0.2, 0.25) is 0 Å². The molecule has 150 valence electrons. The Bertz CT molecular complexity index is 829. The number of rotatable bonds is 5. The van der Waals surface area contributed by atoms with Gasteiger partial charge in [0.05, 0.1) is 31.6 Å². The summed E-state index contributed by atoms with van der Waals surface area (Å²) >= 11 is 0. The molecule has 0 radical (unpaired) electrons. The molecule has 0 spiro atoms. The average molecular weight is 409 g/mol. The van der Waals surface area contributed by atoms with E-state index in [0.717, 1.165) is 0 Å². The Balaban J connectivity index is 2.10. The summed E-state index contributed by atoms with van der Waals surface area (Å²) in [4.78, 5) is 13.9. The summed E-state index contributed by atoms with van der Waals surface area (Å²) in [6.45, 7) is 1.50. The van der Waals surface area contributed by atoms with E-state index in [9.17, 15) is 26.4 Å². The second-order valence-electron chi connectivity index (χ2n) is 6.26. The number of esters is 1. The summed E-state index contributed by atoms with van der Waals surface area (Å²) < 4.78 is 75.8. The molecule has 1 saturated heterocycles. The van der Waals surface area contributed by atoms with E-state index in [4.69, 9.17) is 9.47 Å². The Morgan fingerprint density at radius 2 is 1.85 bits per heavy atom. The Morgan fingerprint density at radius 1 is 1.22 bits per heavy atom. The van der Waals surface area contributed by atoms with Crippen molar-refractivity contribution in [2.24, 2.45) is 0 Å². The van der Waals surface area contributed by atoms with Gasteiger partial charge in [-0.1, -0.05) is 0 Å². The number of carbonyl (C=O) groups excluding carboxylic acids is 1. The Morgan fingerprint density at radius 3 is 2.37 bits per heavy atom. The van der Waals surface area contributed by atoms with Gasteiger partial charge in [-0.3, -0.25) is 0 Å². The van der Waals surface area contributed by atoms with Gasteiger partial charge in [0, 0.05) is 24.7 Å². The van der Waals surface area contributed by atoms with E-state index in [0.29, 0.717) is 39.1 Å². The molecule has 0 atom stereocenters. The predicted octanol–water partition coefficient (Wildman–Crippen LogP) is 2.42. The third-order valence-electron chi connectivity index (χ3n) is 4.39. The molecule has 0 amide bonds. The fraction of sp³-hybridized carbons (Fsp3) is 0.562. The smallest absolute Gasteiger partial charge is 0.465 e. The predicted molar refractivity (Wildman–Crippen MR) is 88.4 cm³/mol. The zero-order valence-electron chi connectivity index (χ0n) is 14.4. The summed E-state index contributed by atoms with van der Waals surface area (Å²) in [5.41, 5.74) is -4.89. The largest absolute Gasteiger partial charge is 0.534 e. The van der Waals surface area contributed by atoms with Crippen LogP contribution in [0.5, 0.6) is 5.75 Å². The molecule has 0 bridgehead atoms. The second-order valence-corrected chi connectivity index (χ2v) is 7.79. The van der Waals surface area contributed by atoms with Crippen molar-refractivity contribution in [1.82, 2.24) is 0 Å². The topological polar surface area (TPSA) is 82.1 Å². The van der Waals surface area contributed by atoms with Gasteiger partial charge in [0.15, 0.2) is 0 Å². The van der Waals surface area contributed by atoms with E-state index in [1.807, 2.05) is 0 Å². The van der Waals surface area contributed by atoms with Crippen molar-refractivity contribution in [3.63, 3.8) is 0 Å². The van der Waals surface area contributed by atoms with Crippen LogP contribution in [0.3, 0.4) is 0 Å². The maximum atomic E-state index is 12.8. The third kappa shape index (κ3) is 4.13. The fourth-order valence-electron chi connectivity index (χ4n) is 2.88. The zero-order chi connectivity index (χ0) is 19.8. The SMILES string of the molecule is COC(=O)c1cc(C2CC2)c(OS(=O)(=O)C(F)(F)F)cc1N1CCOCC1. The number of nitrogens with zero attached hydrogens (tertiary/aromatic N) is 1. The van der Waals surface area contributed by atoms with E-state index >= 15 is 0 Å². The highest BCUT2D eigenvalue weighted by molar-refractivity contribution is 7.88. The van der Waals surface area contributed by atoms with Gasteiger partial charge in [-0.2, -0.15) is 21.6 Å². The lowest BCUT2D eigenvalue weighted by Crippen LogP contribution is -2.37. The molecule has 1 saturated carbocycles. The average Bonchev–Trinajstić information content (AvgIpc) is 3.45. The van der Waals surface area contributed by atoms with Crippen LogP contribution in [0.4, 0.5) is 18.9 Å². The number of hydrogen-bond acceptors (Lipinski definition) is 7. The summed E-state index contributed by atoms with van der Waals surface area (Å²) in [7, 11) is -4.63. The molecule has 3 rings (SSSR count). The molecular formula is C16H18F3NO6S. The minimum atomic E-state index is -5.82. The summed E-state index contributed by atoms with van der Waals surface area (Å²) in [5.74, 6) is -1.24. The number of methoxy groups -OCH3 is 1. The lowest BCUT2D eigenvalue weighted by molar-refractivity contribution is -0.0500. The van der Waals surface area contributed by atoms with Crippen molar-refractivity contribution in [1.29, 1.82) is 0 Å². The van der Waals surface area contributed by atoms with Crippen LogP contribution in [0.25, 0.3) is 0 Å². The van der Waals surface area contributed by atoms with Gasteiger partial charge >= 0.3 is 21.6 Å². The molecule has 0 aromatic heterocycles. The molecule has 7 nitrogen and oxygen atoms in total. The van der Waals surface area contributed by atoms with Crippen molar-refractivity contribution in [3.05, 3.63) is 23.3 Å².